The summed E-state index contributed by atoms with van der Waals surface area (Å²) in [5.41, 5.74) is 3.31. The van der Waals surface area contributed by atoms with Crippen LogP contribution >= 0.6 is 0 Å². The molecule has 7 heteroatoms. The molecule has 0 unspecified atom stereocenters. The van der Waals surface area contributed by atoms with Gasteiger partial charge in [0, 0.05) is 43.6 Å². The van der Waals surface area contributed by atoms with Crippen LogP contribution < -0.4 is 10.6 Å². The summed E-state index contributed by atoms with van der Waals surface area (Å²) >= 11 is 0. The van der Waals surface area contributed by atoms with Crippen LogP contribution in [0, 0.1) is 6.92 Å². The molecule has 0 saturated heterocycles. The van der Waals surface area contributed by atoms with Crippen molar-refractivity contribution in [1.29, 1.82) is 0 Å². The minimum absolute atomic E-state index is 0.213. The molecule has 0 spiro atoms. The highest BCUT2D eigenvalue weighted by atomic mass is 16.1. The second-order valence-corrected chi connectivity index (χ2v) is 5.68. The Morgan fingerprint density at radius 3 is 2.92 bits per heavy atom. The third-order valence-electron chi connectivity index (χ3n) is 3.60. The summed E-state index contributed by atoms with van der Waals surface area (Å²) in [4.78, 5) is 20.4. The Morgan fingerprint density at radius 1 is 1.24 bits per heavy atom. The van der Waals surface area contributed by atoms with Gasteiger partial charge in [0.2, 0.25) is 0 Å². The molecule has 0 aliphatic heterocycles. The number of anilines is 1. The van der Waals surface area contributed by atoms with Crippen molar-refractivity contribution in [2.75, 3.05) is 11.9 Å². The molecule has 0 atom stereocenters. The Morgan fingerprint density at radius 2 is 2.16 bits per heavy atom. The van der Waals surface area contributed by atoms with Crippen LogP contribution in [0.4, 0.5) is 5.69 Å². The fourth-order valence-corrected chi connectivity index (χ4v) is 2.34. The SMILES string of the molecule is Cc1cnn(CCNc2ccnc(C(=O)NCc3cccnc3)c2)c1. The number of nitrogens with zero attached hydrogens (tertiary/aromatic N) is 4. The first-order valence-electron chi connectivity index (χ1n) is 8.07. The van der Waals surface area contributed by atoms with Crippen LogP contribution in [-0.4, -0.2) is 32.2 Å². The summed E-state index contributed by atoms with van der Waals surface area (Å²) in [5, 5.41) is 10.4. The number of aromatic nitrogens is 4. The Bertz CT molecular complexity index is 830. The zero-order chi connectivity index (χ0) is 17.5. The van der Waals surface area contributed by atoms with Crippen molar-refractivity contribution in [2.45, 2.75) is 20.0 Å². The monoisotopic (exact) mass is 336 g/mol. The van der Waals surface area contributed by atoms with Crippen molar-refractivity contribution in [3.05, 3.63) is 72.1 Å². The lowest BCUT2D eigenvalue weighted by Crippen LogP contribution is -2.24. The van der Waals surface area contributed by atoms with Crippen molar-refractivity contribution in [3.63, 3.8) is 0 Å². The van der Waals surface area contributed by atoms with Gasteiger partial charge < -0.3 is 10.6 Å². The molecule has 0 fully saturated rings. The average Bonchev–Trinajstić information content (AvgIpc) is 3.06. The van der Waals surface area contributed by atoms with E-state index in [4.69, 9.17) is 0 Å². The molecule has 2 N–H and O–H groups in total. The average molecular weight is 336 g/mol. The first-order valence-corrected chi connectivity index (χ1v) is 8.07. The van der Waals surface area contributed by atoms with Gasteiger partial charge in [0.1, 0.15) is 5.69 Å². The van der Waals surface area contributed by atoms with E-state index in [1.807, 2.05) is 42.2 Å². The fourth-order valence-electron chi connectivity index (χ4n) is 2.34. The van der Waals surface area contributed by atoms with Gasteiger partial charge in [-0.2, -0.15) is 5.10 Å². The maximum absolute atomic E-state index is 12.2. The van der Waals surface area contributed by atoms with E-state index in [1.54, 1.807) is 24.7 Å². The molecule has 1 amide bonds. The molecular weight excluding hydrogens is 316 g/mol. The maximum Gasteiger partial charge on any atom is 0.270 e. The van der Waals surface area contributed by atoms with E-state index >= 15 is 0 Å². The van der Waals surface area contributed by atoms with Crippen LogP contribution in [-0.2, 0) is 13.1 Å². The summed E-state index contributed by atoms with van der Waals surface area (Å²) in [5.74, 6) is -0.213. The van der Waals surface area contributed by atoms with E-state index in [2.05, 4.69) is 25.7 Å². The first kappa shape index (κ1) is 16.6. The zero-order valence-corrected chi connectivity index (χ0v) is 14.0. The van der Waals surface area contributed by atoms with Gasteiger partial charge in [-0.05, 0) is 36.2 Å². The molecule has 25 heavy (non-hydrogen) atoms. The predicted octanol–water partition coefficient (Wildman–Crippen LogP) is 2.02. The topological polar surface area (TPSA) is 84.7 Å². The van der Waals surface area contributed by atoms with E-state index in [9.17, 15) is 4.79 Å². The smallest absolute Gasteiger partial charge is 0.270 e. The molecule has 3 rings (SSSR count). The molecule has 7 nitrogen and oxygen atoms in total. The van der Waals surface area contributed by atoms with Crippen LogP contribution in [0.1, 0.15) is 21.6 Å². The van der Waals surface area contributed by atoms with Gasteiger partial charge in [-0.25, -0.2) is 0 Å². The van der Waals surface area contributed by atoms with E-state index in [-0.39, 0.29) is 5.91 Å². The zero-order valence-electron chi connectivity index (χ0n) is 14.0. The lowest BCUT2D eigenvalue weighted by molar-refractivity contribution is 0.0946. The first-order chi connectivity index (χ1) is 12.2. The largest absolute Gasteiger partial charge is 0.383 e. The second kappa shape index (κ2) is 8.05. The number of carbonyl (C=O) groups excluding carboxylic acids is 1. The number of hydrogen-bond donors (Lipinski definition) is 2. The molecule has 0 radical (unpaired) electrons. The van der Waals surface area contributed by atoms with Crippen molar-refractivity contribution in [3.8, 4) is 0 Å². The van der Waals surface area contributed by atoms with Crippen molar-refractivity contribution in [1.82, 2.24) is 25.1 Å². The van der Waals surface area contributed by atoms with E-state index < -0.39 is 0 Å². The number of nitrogens with one attached hydrogen (secondary N) is 2. The molecule has 0 bridgehead atoms. The van der Waals surface area contributed by atoms with Crippen molar-refractivity contribution < 1.29 is 4.79 Å². The van der Waals surface area contributed by atoms with Crippen LogP contribution in [0.2, 0.25) is 0 Å². The highest BCUT2D eigenvalue weighted by Crippen LogP contribution is 2.08. The van der Waals surface area contributed by atoms with Gasteiger partial charge in [-0.3, -0.25) is 19.4 Å². The number of pyridine rings is 2. The number of hydrogen-bond acceptors (Lipinski definition) is 5. The summed E-state index contributed by atoms with van der Waals surface area (Å²) < 4.78 is 1.88. The molecule has 0 aliphatic rings. The fraction of sp³-hybridized carbons (Fsp3) is 0.222. The number of rotatable bonds is 7. The minimum Gasteiger partial charge on any atom is -0.383 e. The maximum atomic E-state index is 12.2. The van der Waals surface area contributed by atoms with Gasteiger partial charge in [-0.1, -0.05) is 6.07 Å². The number of carbonyl (C=O) groups is 1. The van der Waals surface area contributed by atoms with Crippen LogP contribution in [0.5, 0.6) is 0 Å². The second-order valence-electron chi connectivity index (χ2n) is 5.68. The quantitative estimate of drug-likeness (QED) is 0.689. The summed E-state index contributed by atoms with van der Waals surface area (Å²) in [6, 6.07) is 7.33. The summed E-state index contributed by atoms with van der Waals surface area (Å²) in [7, 11) is 0. The Kier molecular flexibility index (Phi) is 5.36. The summed E-state index contributed by atoms with van der Waals surface area (Å²) in [6.07, 6.45) is 8.87. The Labute approximate surface area is 146 Å². The van der Waals surface area contributed by atoms with Crippen LogP contribution in [0.25, 0.3) is 0 Å². The van der Waals surface area contributed by atoms with Gasteiger partial charge in [-0.15, -0.1) is 0 Å². The highest BCUT2D eigenvalue weighted by Gasteiger charge is 2.07. The molecular formula is C18H20N6O. The molecule has 0 saturated carbocycles. The van der Waals surface area contributed by atoms with Crippen molar-refractivity contribution in [2.24, 2.45) is 0 Å². The van der Waals surface area contributed by atoms with Crippen molar-refractivity contribution >= 4 is 11.6 Å². The molecule has 3 heterocycles. The molecule has 3 aromatic rings. The lowest BCUT2D eigenvalue weighted by Gasteiger charge is -2.09. The van der Waals surface area contributed by atoms with E-state index in [1.165, 1.54) is 0 Å². The minimum atomic E-state index is -0.213. The Balaban J connectivity index is 1.52. The molecule has 3 aromatic heterocycles. The van der Waals surface area contributed by atoms with Crippen LogP contribution in [0.15, 0.2) is 55.2 Å². The van der Waals surface area contributed by atoms with Gasteiger partial charge in [0.15, 0.2) is 0 Å². The third kappa shape index (κ3) is 4.87. The lowest BCUT2D eigenvalue weighted by atomic mass is 10.2. The van der Waals surface area contributed by atoms with Crippen LogP contribution in [0.3, 0.4) is 0 Å². The van der Waals surface area contributed by atoms with Gasteiger partial charge in [0.05, 0.1) is 12.7 Å². The summed E-state index contributed by atoms with van der Waals surface area (Å²) in [6.45, 7) is 3.89. The standard InChI is InChI=1S/C18H20N6O/c1-14-10-23-24(13-14)8-7-20-16-4-6-21-17(9-16)18(25)22-12-15-3-2-5-19-11-15/h2-6,9-11,13H,7-8,12H2,1H3,(H,20,21)(H,22,25). The Hall–Kier alpha value is -3.22. The predicted molar refractivity (Wildman–Crippen MR) is 95.1 cm³/mol. The molecule has 0 aliphatic carbocycles. The normalized spacial score (nSPS) is 10.4. The van der Waals surface area contributed by atoms with Gasteiger partial charge in [0.25, 0.3) is 5.91 Å². The van der Waals surface area contributed by atoms with Gasteiger partial charge >= 0.3 is 0 Å². The number of amides is 1. The molecule has 128 valence electrons. The van der Waals surface area contributed by atoms with E-state index in [0.717, 1.165) is 23.4 Å². The third-order valence-corrected chi connectivity index (χ3v) is 3.60. The number of aryl methyl sites for hydroxylation is 1. The highest BCUT2D eigenvalue weighted by molar-refractivity contribution is 5.93. The van der Waals surface area contributed by atoms with E-state index in [0.29, 0.717) is 18.8 Å². The molecule has 0 aromatic carbocycles.